The number of primary amides is 1. The second kappa shape index (κ2) is 10.8. The van der Waals surface area contributed by atoms with Crippen molar-refractivity contribution < 1.29 is 18.0 Å². The molecular weight excluding hydrogens is 458 g/mol. The van der Waals surface area contributed by atoms with E-state index in [0.29, 0.717) is 44.7 Å². The summed E-state index contributed by atoms with van der Waals surface area (Å²) in [5, 5.41) is 2.83. The van der Waals surface area contributed by atoms with E-state index in [-0.39, 0.29) is 23.3 Å². The molecule has 1 aliphatic heterocycles. The first-order valence-corrected chi connectivity index (χ1v) is 12.7. The molecule has 0 atom stereocenters. The molecule has 11 heteroatoms. The summed E-state index contributed by atoms with van der Waals surface area (Å²) in [6.07, 6.45) is 2.48. The molecule has 1 aliphatic rings. The number of nitrogens with zero attached hydrogens (tertiary/aromatic N) is 3. The molecular formula is C23H31N5O5S. The molecule has 0 aliphatic carbocycles. The second-order valence-electron chi connectivity index (χ2n) is 8.15. The van der Waals surface area contributed by atoms with Gasteiger partial charge in [0.1, 0.15) is 6.54 Å². The zero-order valence-electron chi connectivity index (χ0n) is 19.4. The van der Waals surface area contributed by atoms with Gasteiger partial charge in [0.05, 0.1) is 16.3 Å². The number of aromatic nitrogens is 1. The largest absolute Gasteiger partial charge is 0.370 e. The van der Waals surface area contributed by atoms with Crippen LogP contribution in [0.4, 0.5) is 11.4 Å². The average Bonchev–Trinajstić information content (AvgIpc) is 2.81. The summed E-state index contributed by atoms with van der Waals surface area (Å²) in [6.45, 7) is 4.99. The molecule has 10 nitrogen and oxygen atoms in total. The lowest BCUT2D eigenvalue weighted by molar-refractivity contribution is -0.122. The summed E-state index contributed by atoms with van der Waals surface area (Å²) in [7, 11) is -3.76. The monoisotopic (exact) mass is 489 g/mol. The predicted octanol–water partition coefficient (Wildman–Crippen LogP) is 1.22. The number of para-hydroxylation sites is 2. The number of rotatable bonds is 9. The molecule has 1 aromatic heterocycles. The van der Waals surface area contributed by atoms with E-state index >= 15 is 0 Å². The number of piperidine rings is 1. The zero-order valence-corrected chi connectivity index (χ0v) is 20.3. The van der Waals surface area contributed by atoms with Gasteiger partial charge in [-0.25, -0.2) is 8.42 Å². The van der Waals surface area contributed by atoms with Gasteiger partial charge in [0.15, 0.2) is 0 Å². The number of benzene rings is 1. The third kappa shape index (κ3) is 5.65. The maximum absolute atomic E-state index is 12.8. The Balaban J connectivity index is 1.76. The zero-order chi connectivity index (χ0) is 24.9. The summed E-state index contributed by atoms with van der Waals surface area (Å²) >= 11 is 0. The van der Waals surface area contributed by atoms with Gasteiger partial charge in [-0.15, -0.1) is 0 Å². The summed E-state index contributed by atoms with van der Waals surface area (Å²) in [6, 6.07) is 9.70. The first-order valence-electron chi connectivity index (χ1n) is 11.3. The van der Waals surface area contributed by atoms with Gasteiger partial charge in [-0.3, -0.25) is 14.4 Å². The van der Waals surface area contributed by atoms with E-state index in [2.05, 4.69) is 10.2 Å². The molecule has 2 amide bonds. The lowest BCUT2D eigenvalue weighted by Crippen LogP contribution is -2.39. The number of sulfonamides is 1. The molecule has 0 radical (unpaired) electrons. The number of carbonyl (C=O) groups excluding carboxylic acids is 2. The van der Waals surface area contributed by atoms with Crippen LogP contribution in [0, 0.1) is 5.92 Å². The molecule has 2 aromatic rings. The van der Waals surface area contributed by atoms with Crippen LogP contribution in [0.5, 0.6) is 0 Å². The van der Waals surface area contributed by atoms with Crippen molar-refractivity contribution >= 4 is 33.2 Å². The molecule has 1 saturated heterocycles. The van der Waals surface area contributed by atoms with E-state index in [0.717, 1.165) is 16.3 Å². The lowest BCUT2D eigenvalue weighted by Gasteiger charge is -2.33. The van der Waals surface area contributed by atoms with Gasteiger partial charge in [0.25, 0.3) is 5.56 Å². The van der Waals surface area contributed by atoms with E-state index in [4.69, 9.17) is 5.73 Å². The Hall–Kier alpha value is -3.18. The van der Waals surface area contributed by atoms with Crippen LogP contribution in [-0.2, 0) is 26.2 Å². The van der Waals surface area contributed by atoms with Crippen LogP contribution in [0.2, 0.25) is 0 Å². The van der Waals surface area contributed by atoms with Crippen molar-refractivity contribution in [2.24, 2.45) is 11.7 Å². The smallest absolute Gasteiger partial charge is 0.251 e. The van der Waals surface area contributed by atoms with Crippen molar-refractivity contribution in [2.45, 2.75) is 38.1 Å². The maximum atomic E-state index is 12.8. The lowest BCUT2D eigenvalue weighted by atomic mass is 9.96. The predicted molar refractivity (Wildman–Crippen MR) is 130 cm³/mol. The van der Waals surface area contributed by atoms with Crippen LogP contribution in [0.15, 0.2) is 52.3 Å². The number of carbonyl (C=O) groups is 2. The molecule has 2 heterocycles. The van der Waals surface area contributed by atoms with E-state index in [1.165, 1.54) is 16.6 Å². The van der Waals surface area contributed by atoms with Gasteiger partial charge in [-0.2, -0.15) is 4.31 Å². The van der Waals surface area contributed by atoms with Gasteiger partial charge in [0.2, 0.25) is 21.8 Å². The van der Waals surface area contributed by atoms with Crippen LogP contribution in [0.25, 0.3) is 0 Å². The fourth-order valence-corrected chi connectivity index (χ4v) is 5.58. The molecule has 1 fully saturated rings. The highest BCUT2D eigenvalue weighted by molar-refractivity contribution is 7.89. The van der Waals surface area contributed by atoms with E-state index in [1.807, 2.05) is 12.1 Å². The summed E-state index contributed by atoms with van der Waals surface area (Å²) in [4.78, 5) is 38.6. The third-order valence-electron chi connectivity index (χ3n) is 6.03. The van der Waals surface area contributed by atoms with Crippen molar-refractivity contribution in [3.05, 3.63) is 52.9 Å². The molecule has 0 spiro atoms. The van der Waals surface area contributed by atoms with E-state index in [9.17, 15) is 22.8 Å². The number of hydrogen-bond acceptors (Lipinski definition) is 6. The first-order chi connectivity index (χ1) is 16.2. The minimum absolute atomic E-state index is 0.0404. The van der Waals surface area contributed by atoms with Crippen LogP contribution >= 0.6 is 0 Å². The van der Waals surface area contributed by atoms with Crippen molar-refractivity contribution in [2.75, 3.05) is 36.4 Å². The molecule has 0 saturated carbocycles. The summed E-state index contributed by atoms with van der Waals surface area (Å²) in [5.41, 5.74) is 6.33. The summed E-state index contributed by atoms with van der Waals surface area (Å²) in [5.74, 6) is -0.902. The first kappa shape index (κ1) is 25.4. The number of hydrogen-bond donors (Lipinski definition) is 2. The number of nitrogens with one attached hydrogen (secondary N) is 1. The van der Waals surface area contributed by atoms with Gasteiger partial charge in [-0.05, 0) is 31.0 Å². The number of pyridine rings is 1. The van der Waals surface area contributed by atoms with Crippen molar-refractivity contribution in [1.82, 2.24) is 8.87 Å². The average molecular weight is 490 g/mol. The Morgan fingerprint density at radius 1 is 1.09 bits per heavy atom. The van der Waals surface area contributed by atoms with Crippen molar-refractivity contribution in [1.29, 1.82) is 0 Å². The van der Waals surface area contributed by atoms with Crippen LogP contribution < -0.4 is 21.5 Å². The molecule has 0 bridgehead atoms. The van der Waals surface area contributed by atoms with Crippen LogP contribution in [0.3, 0.4) is 0 Å². The minimum atomic E-state index is -3.76. The molecule has 3 N–H and O–H groups in total. The standard InChI is InChI=1S/C23H31N5O5S/c1-3-28(4-2)34(32,33)18-9-10-22(30)27(15-18)16-21(29)25-19-7-5-6-8-20(19)26-13-11-17(12-14-26)23(24)31/h5-10,15,17H,3-4,11-14,16H2,1-2H3,(H2,24,31)(H,25,29). The molecule has 1 aromatic carbocycles. The fraction of sp³-hybridized carbons (Fsp3) is 0.435. The Kier molecular flexibility index (Phi) is 8.11. The Bertz CT molecular complexity index is 1200. The highest BCUT2D eigenvalue weighted by Crippen LogP contribution is 2.29. The van der Waals surface area contributed by atoms with Crippen LogP contribution in [0.1, 0.15) is 26.7 Å². The van der Waals surface area contributed by atoms with Crippen molar-refractivity contribution in [3.63, 3.8) is 0 Å². The minimum Gasteiger partial charge on any atom is -0.370 e. The second-order valence-corrected chi connectivity index (χ2v) is 10.1. The molecule has 184 valence electrons. The number of amides is 2. The molecule has 3 rings (SSSR count). The molecule has 0 unspecified atom stereocenters. The van der Waals surface area contributed by atoms with Gasteiger partial charge >= 0.3 is 0 Å². The SMILES string of the molecule is CCN(CC)S(=O)(=O)c1ccc(=O)n(CC(=O)Nc2ccccc2N2CCC(C(N)=O)CC2)c1. The number of anilines is 2. The Labute approximate surface area is 199 Å². The molecule has 34 heavy (non-hydrogen) atoms. The van der Waals surface area contributed by atoms with E-state index in [1.54, 1.807) is 26.0 Å². The van der Waals surface area contributed by atoms with Gasteiger partial charge < -0.3 is 20.5 Å². The van der Waals surface area contributed by atoms with Gasteiger partial charge in [-0.1, -0.05) is 26.0 Å². The van der Waals surface area contributed by atoms with Crippen LogP contribution in [-0.4, -0.2) is 55.3 Å². The topological polar surface area (TPSA) is 135 Å². The Morgan fingerprint density at radius 3 is 2.35 bits per heavy atom. The van der Waals surface area contributed by atoms with Gasteiger partial charge in [0, 0.05) is 44.4 Å². The highest BCUT2D eigenvalue weighted by Gasteiger charge is 2.25. The van der Waals surface area contributed by atoms with Crippen molar-refractivity contribution in [3.8, 4) is 0 Å². The Morgan fingerprint density at radius 2 is 1.74 bits per heavy atom. The highest BCUT2D eigenvalue weighted by atomic mass is 32.2. The third-order valence-corrected chi connectivity index (χ3v) is 8.06. The normalized spacial score (nSPS) is 14.9. The quantitative estimate of drug-likeness (QED) is 0.544. The van der Waals surface area contributed by atoms with E-state index < -0.39 is 21.5 Å². The number of nitrogens with two attached hydrogens (primary N) is 1. The maximum Gasteiger partial charge on any atom is 0.251 e. The summed E-state index contributed by atoms with van der Waals surface area (Å²) < 4.78 is 28.0. The fourth-order valence-electron chi connectivity index (χ4n) is 4.10.